The minimum absolute atomic E-state index is 0.164. The van der Waals surface area contributed by atoms with Crippen molar-refractivity contribution < 1.29 is 23.5 Å². The van der Waals surface area contributed by atoms with Crippen LogP contribution in [0.2, 0.25) is 0 Å². The molecule has 2 heterocycles. The molecular weight excluding hydrogens is 343 g/mol. The highest BCUT2D eigenvalue weighted by Crippen LogP contribution is 2.28. The summed E-state index contributed by atoms with van der Waals surface area (Å²) in [6.45, 7) is 4.35. The lowest BCUT2D eigenvalue weighted by atomic mass is 10.2. The highest BCUT2D eigenvalue weighted by molar-refractivity contribution is 5.90. The maximum Gasteiger partial charge on any atom is 0.414 e. The number of morpholine rings is 1. The standard InChI is InChI=1S/C17H23FN4O4/c1-11(19)16(23)20-9-13-10-22(17(24)26-13)12-2-3-15(14(18)8-12)21-4-6-25-7-5-21/h2-3,8,11,13H,4-7,9-10,19H2,1H3,(H,20,23). The summed E-state index contributed by atoms with van der Waals surface area (Å²) in [5, 5.41) is 2.62. The Morgan fingerprint density at radius 2 is 2.15 bits per heavy atom. The van der Waals surface area contributed by atoms with E-state index in [4.69, 9.17) is 15.2 Å². The molecule has 0 spiro atoms. The van der Waals surface area contributed by atoms with Crippen molar-refractivity contribution in [2.24, 2.45) is 5.73 Å². The lowest BCUT2D eigenvalue weighted by molar-refractivity contribution is -0.122. The summed E-state index contributed by atoms with van der Waals surface area (Å²) in [5.74, 6) is -0.716. The van der Waals surface area contributed by atoms with E-state index in [1.165, 1.54) is 11.0 Å². The molecule has 2 fully saturated rings. The number of hydrogen-bond acceptors (Lipinski definition) is 6. The molecule has 2 atom stereocenters. The number of nitrogens with one attached hydrogen (secondary N) is 1. The van der Waals surface area contributed by atoms with Gasteiger partial charge in [-0.3, -0.25) is 9.69 Å². The molecule has 1 aromatic rings. The Balaban J connectivity index is 1.64. The molecule has 0 aliphatic carbocycles. The van der Waals surface area contributed by atoms with Gasteiger partial charge in [-0.15, -0.1) is 0 Å². The first-order valence-corrected chi connectivity index (χ1v) is 8.59. The molecule has 8 nitrogen and oxygen atoms in total. The molecule has 0 radical (unpaired) electrons. The van der Waals surface area contributed by atoms with Crippen LogP contribution in [0.15, 0.2) is 18.2 Å². The monoisotopic (exact) mass is 366 g/mol. The van der Waals surface area contributed by atoms with Crippen molar-refractivity contribution in [1.29, 1.82) is 0 Å². The number of ether oxygens (including phenoxy) is 2. The van der Waals surface area contributed by atoms with Gasteiger partial charge in [0.2, 0.25) is 5.91 Å². The van der Waals surface area contributed by atoms with Crippen LogP contribution >= 0.6 is 0 Å². The van der Waals surface area contributed by atoms with E-state index in [1.807, 2.05) is 4.90 Å². The molecule has 2 aliphatic rings. The van der Waals surface area contributed by atoms with Gasteiger partial charge in [0.25, 0.3) is 0 Å². The van der Waals surface area contributed by atoms with Gasteiger partial charge in [-0.25, -0.2) is 9.18 Å². The van der Waals surface area contributed by atoms with Crippen molar-refractivity contribution in [1.82, 2.24) is 5.32 Å². The van der Waals surface area contributed by atoms with Gasteiger partial charge in [0.15, 0.2) is 0 Å². The lowest BCUT2D eigenvalue weighted by Gasteiger charge is -2.29. The zero-order chi connectivity index (χ0) is 18.7. The number of anilines is 2. The number of carbonyl (C=O) groups is 2. The number of cyclic esters (lactones) is 1. The predicted molar refractivity (Wildman–Crippen MR) is 93.7 cm³/mol. The Bertz CT molecular complexity index is 679. The van der Waals surface area contributed by atoms with Gasteiger partial charge in [-0.2, -0.15) is 0 Å². The number of rotatable bonds is 5. The van der Waals surface area contributed by atoms with Crippen LogP contribution in [0.1, 0.15) is 6.92 Å². The topological polar surface area (TPSA) is 97.1 Å². The van der Waals surface area contributed by atoms with Gasteiger partial charge in [-0.05, 0) is 25.1 Å². The second-order valence-electron chi connectivity index (χ2n) is 6.39. The van der Waals surface area contributed by atoms with Crippen LogP contribution in [0.5, 0.6) is 0 Å². The second-order valence-corrected chi connectivity index (χ2v) is 6.39. The summed E-state index contributed by atoms with van der Waals surface area (Å²) in [4.78, 5) is 26.9. The summed E-state index contributed by atoms with van der Waals surface area (Å²) in [6, 6.07) is 4.05. The van der Waals surface area contributed by atoms with E-state index in [0.717, 1.165) is 0 Å². The number of carbonyl (C=O) groups excluding carboxylic acids is 2. The van der Waals surface area contributed by atoms with E-state index in [0.29, 0.717) is 37.7 Å². The summed E-state index contributed by atoms with van der Waals surface area (Å²) >= 11 is 0. The zero-order valence-corrected chi connectivity index (χ0v) is 14.6. The van der Waals surface area contributed by atoms with E-state index < -0.39 is 24.1 Å². The number of nitrogens with two attached hydrogens (primary N) is 1. The third kappa shape index (κ3) is 4.05. The number of benzene rings is 1. The molecule has 142 valence electrons. The average Bonchev–Trinajstić information content (AvgIpc) is 3.01. The number of nitrogens with zero attached hydrogens (tertiary/aromatic N) is 2. The largest absolute Gasteiger partial charge is 0.442 e. The quantitative estimate of drug-likeness (QED) is 0.785. The van der Waals surface area contributed by atoms with E-state index in [-0.39, 0.29) is 19.0 Å². The highest BCUT2D eigenvalue weighted by Gasteiger charge is 2.33. The molecule has 0 bridgehead atoms. The molecule has 26 heavy (non-hydrogen) atoms. The highest BCUT2D eigenvalue weighted by atomic mass is 19.1. The molecule has 2 aliphatic heterocycles. The summed E-state index contributed by atoms with van der Waals surface area (Å²) in [7, 11) is 0. The number of amides is 2. The number of halogens is 1. The summed E-state index contributed by atoms with van der Waals surface area (Å²) in [6.07, 6.45) is -1.07. The van der Waals surface area contributed by atoms with E-state index in [1.54, 1.807) is 19.1 Å². The fourth-order valence-corrected chi connectivity index (χ4v) is 2.94. The van der Waals surface area contributed by atoms with Gasteiger partial charge in [-0.1, -0.05) is 0 Å². The number of hydrogen-bond donors (Lipinski definition) is 2. The minimum atomic E-state index is -0.634. The Hall–Kier alpha value is -2.39. The Morgan fingerprint density at radius 3 is 2.81 bits per heavy atom. The molecule has 0 aromatic heterocycles. The van der Waals surface area contributed by atoms with Crippen molar-refractivity contribution in [2.45, 2.75) is 19.1 Å². The Morgan fingerprint density at radius 1 is 1.42 bits per heavy atom. The maximum absolute atomic E-state index is 14.5. The normalized spacial score (nSPS) is 21.5. The first kappa shape index (κ1) is 18.4. The first-order chi connectivity index (χ1) is 12.5. The van der Waals surface area contributed by atoms with Crippen LogP contribution in [0.4, 0.5) is 20.6 Å². The Kier molecular flexibility index (Phi) is 5.58. The van der Waals surface area contributed by atoms with Crippen LogP contribution in [0, 0.1) is 5.82 Å². The van der Waals surface area contributed by atoms with Crippen LogP contribution in [0.3, 0.4) is 0 Å². The van der Waals surface area contributed by atoms with Crippen LogP contribution in [0.25, 0.3) is 0 Å². The van der Waals surface area contributed by atoms with E-state index >= 15 is 0 Å². The van der Waals surface area contributed by atoms with Crippen LogP contribution < -0.4 is 20.9 Å². The molecule has 1 aromatic carbocycles. The lowest BCUT2D eigenvalue weighted by Crippen LogP contribution is -2.42. The van der Waals surface area contributed by atoms with Gasteiger partial charge < -0.3 is 25.4 Å². The van der Waals surface area contributed by atoms with Crippen molar-refractivity contribution >= 4 is 23.4 Å². The molecule has 2 saturated heterocycles. The molecular formula is C17H23FN4O4. The summed E-state index contributed by atoms with van der Waals surface area (Å²) in [5.41, 5.74) is 6.39. The molecule has 0 saturated carbocycles. The minimum Gasteiger partial charge on any atom is -0.442 e. The SMILES string of the molecule is CC(N)C(=O)NCC1CN(c2ccc(N3CCOCC3)c(F)c2)C(=O)O1. The molecule has 2 amide bonds. The van der Waals surface area contributed by atoms with Crippen molar-refractivity contribution in [3.8, 4) is 0 Å². The Labute approximate surface area is 151 Å². The maximum atomic E-state index is 14.5. The second kappa shape index (κ2) is 7.88. The van der Waals surface area contributed by atoms with Crippen LogP contribution in [-0.4, -0.2) is 63.5 Å². The summed E-state index contributed by atoms with van der Waals surface area (Å²) < 4.78 is 25.0. The average molecular weight is 366 g/mol. The smallest absolute Gasteiger partial charge is 0.414 e. The molecule has 3 rings (SSSR count). The van der Waals surface area contributed by atoms with Gasteiger partial charge >= 0.3 is 6.09 Å². The third-order valence-corrected chi connectivity index (χ3v) is 4.39. The molecule has 9 heteroatoms. The van der Waals surface area contributed by atoms with Gasteiger partial charge in [0.1, 0.15) is 11.9 Å². The van der Waals surface area contributed by atoms with Crippen molar-refractivity contribution in [2.75, 3.05) is 49.2 Å². The van der Waals surface area contributed by atoms with E-state index in [9.17, 15) is 14.0 Å². The van der Waals surface area contributed by atoms with Gasteiger partial charge in [0.05, 0.1) is 43.7 Å². The van der Waals surface area contributed by atoms with Crippen LogP contribution in [-0.2, 0) is 14.3 Å². The third-order valence-electron chi connectivity index (χ3n) is 4.39. The predicted octanol–water partition coefficient (Wildman–Crippen LogP) is 0.451. The zero-order valence-electron chi connectivity index (χ0n) is 14.6. The van der Waals surface area contributed by atoms with Crippen molar-refractivity contribution in [3.63, 3.8) is 0 Å². The fourth-order valence-electron chi connectivity index (χ4n) is 2.94. The fraction of sp³-hybridized carbons (Fsp3) is 0.529. The van der Waals surface area contributed by atoms with Gasteiger partial charge in [0, 0.05) is 13.1 Å². The van der Waals surface area contributed by atoms with E-state index in [2.05, 4.69) is 5.32 Å². The molecule has 3 N–H and O–H groups in total. The first-order valence-electron chi connectivity index (χ1n) is 8.59. The molecule has 2 unspecified atom stereocenters. The van der Waals surface area contributed by atoms with Crippen molar-refractivity contribution in [3.05, 3.63) is 24.0 Å².